The molecular weight excluding hydrogens is 350 g/mol. The van der Waals surface area contributed by atoms with Gasteiger partial charge in [0.15, 0.2) is 5.82 Å². The summed E-state index contributed by atoms with van der Waals surface area (Å²) < 4.78 is 1.74. The van der Waals surface area contributed by atoms with Gasteiger partial charge in [0, 0.05) is 28.6 Å². The Morgan fingerprint density at radius 3 is 2.58 bits per heavy atom. The second kappa shape index (κ2) is 7.35. The lowest BCUT2D eigenvalue weighted by Crippen LogP contribution is -2.33. The molecule has 1 atom stereocenters. The van der Waals surface area contributed by atoms with Crippen LogP contribution in [0.1, 0.15) is 31.7 Å². The number of benzene rings is 1. The number of rotatable bonds is 6. The quantitative estimate of drug-likeness (QED) is 0.517. The third kappa shape index (κ3) is 4.14. The van der Waals surface area contributed by atoms with Gasteiger partial charge in [-0.25, -0.2) is 9.67 Å². The van der Waals surface area contributed by atoms with Crippen LogP contribution in [0.2, 0.25) is 0 Å². The van der Waals surface area contributed by atoms with Gasteiger partial charge in [-0.3, -0.25) is 15.4 Å². The van der Waals surface area contributed by atoms with Crippen LogP contribution in [0.25, 0.3) is 11.4 Å². The normalized spacial score (nSPS) is 12.9. The van der Waals surface area contributed by atoms with Crippen LogP contribution >= 0.6 is 11.3 Å². The number of nitro benzene ring substituents is 1. The van der Waals surface area contributed by atoms with Gasteiger partial charge in [0.1, 0.15) is 6.33 Å². The maximum Gasteiger partial charge on any atom is 0.269 e. The Balaban J connectivity index is 1.71. The second-order valence-electron chi connectivity index (χ2n) is 7.09. The van der Waals surface area contributed by atoms with Crippen molar-refractivity contribution in [3.63, 3.8) is 0 Å². The Hall–Kier alpha value is -2.58. The van der Waals surface area contributed by atoms with Crippen molar-refractivity contribution in [3.8, 4) is 11.4 Å². The van der Waals surface area contributed by atoms with Gasteiger partial charge in [0.05, 0.1) is 11.6 Å². The molecule has 3 aromatic rings. The first-order chi connectivity index (χ1) is 12.3. The maximum atomic E-state index is 10.7. The third-order valence-electron chi connectivity index (χ3n) is 4.02. The number of nitrogens with zero attached hydrogens (tertiary/aromatic N) is 4. The fraction of sp³-hybridized carbons (Fsp3) is 0.333. The summed E-state index contributed by atoms with van der Waals surface area (Å²) in [5, 5.41) is 20.8. The van der Waals surface area contributed by atoms with Gasteiger partial charge >= 0.3 is 0 Å². The highest BCUT2D eigenvalue weighted by Crippen LogP contribution is 2.35. The molecule has 3 rings (SSSR count). The van der Waals surface area contributed by atoms with Crippen molar-refractivity contribution < 1.29 is 4.92 Å². The molecule has 1 aromatic carbocycles. The summed E-state index contributed by atoms with van der Waals surface area (Å²) in [5.41, 5.74) is 0.867. The van der Waals surface area contributed by atoms with E-state index >= 15 is 0 Å². The zero-order valence-electron chi connectivity index (χ0n) is 14.9. The van der Waals surface area contributed by atoms with E-state index in [1.807, 2.05) is 0 Å². The average Bonchev–Trinajstić information content (AvgIpc) is 3.26. The van der Waals surface area contributed by atoms with Crippen LogP contribution in [0.15, 0.2) is 48.1 Å². The number of hydrogen-bond donors (Lipinski definition) is 1. The van der Waals surface area contributed by atoms with Crippen LogP contribution in [0.4, 0.5) is 5.69 Å². The van der Waals surface area contributed by atoms with E-state index in [9.17, 15) is 10.1 Å². The molecule has 0 aliphatic heterocycles. The topological polar surface area (TPSA) is 85.9 Å². The van der Waals surface area contributed by atoms with E-state index in [0.717, 1.165) is 5.56 Å². The first kappa shape index (κ1) is 18.2. The summed E-state index contributed by atoms with van der Waals surface area (Å²) in [4.78, 5) is 15.9. The first-order valence-corrected chi connectivity index (χ1v) is 9.13. The van der Waals surface area contributed by atoms with Gasteiger partial charge in [-0.2, -0.15) is 0 Å². The van der Waals surface area contributed by atoms with Crippen LogP contribution < -0.4 is 5.32 Å². The molecule has 0 saturated heterocycles. The summed E-state index contributed by atoms with van der Waals surface area (Å²) in [7, 11) is 0. The molecule has 136 valence electrons. The Kier molecular flexibility index (Phi) is 5.15. The van der Waals surface area contributed by atoms with Crippen molar-refractivity contribution in [2.45, 2.75) is 33.5 Å². The van der Waals surface area contributed by atoms with Crippen LogP contribution in [-0.2, 0) is 6.67 Å². The van der Waals surface area contributed by atoms with Crippen molar-refractivity contribution in [2.24, 2.45) is 5.41 Å². The minimum absolute atomic E-state index is 0.0545. The molecule has 0 aliphatic rings. The highest BCUT2D eigenvalue weighted by atomic mass is 32.1. The molecule has 1 N–H and O–H groups in total. The van der Waals surface area contributed by atoms with E-state index in [4.69, 9.17) is 0 Å². The van der Waals surface area contributed by atoms with Gasteiger partial charge in [-0.15, -0.1) is 16.4 Å². The van der Waals surface area contributed by atoms with Gasteiger partial charge in [0.2, 0.25) is 0 Å². The number of hydrogen-bond acceptors (Lipinski definition) is 6. The first-order valence-electron chi connectivity index (χ1n) is 8.25. The molecule has 0 fully saturated rings. The third-order valence-corrected chi connectivity index (χ3v) is 4.96. The SMILES string of the molecule is CC(C)(C)[C@@H](NCn1cnc(-c2ccc([N+](=O)[O-])cc2)n1)c1cccs1. The molecule has 0 saturated carbocycles. The van der Waals surface area contributed by atoms with Crippen molar-refractivity contribution in [1.29, 1.82) is 0 Å². The fourth-order valence-corrected chi connectivity index (χ4v) is 3.75. The van der Waals surface area contributed by atoms with Crippen molar-refractivity contribution >= 4 is 17.0 Å². The Bertz CT molecular complexity index is 866. The molecule has 0 spiro atoms. The Labute approximate surface area is 155 Å². The zero-order chi connectivity index (χ0) is 18.7. The van der Waals surface area contributed by atoms with Crippen molar-refractivity contribution in [1.82, 2.24) is 20.1 Å². The lowest BCUT2D eigenvalue weighted by molar-refractivity contribution is -0.384. The van der Waals surface area contributed by atoms with E-state index in [1.54, 1.807) is 34.5 Å². The summed E-state index contributed by atoms with van der Waals surface area (Å²) >= 11 is 1.74. The number of aromatic nitrogens is 3. The van der Waals surface area contributed by atoms with Crippen LogP contribution in [0.5, 0.6) is 0 Å². The number of thiophene rings is 1. The van der Waals surface area contributed by atoms with E-state index in [1.165, 1.54) is 17.0 Å². The van der Waals surface area contributed by atoms with E-state index in [-0.39, 0.29) is 17.1 Å². The van der Waals surface area contributed by atoms with Gasteiger partial charge in [0.25, 0.3) is 5.69 Å². The lowest BCUT2D eigenvalue weighted by atomic mass is 9.86. The standard InChI is InChI=1S/C18H21N5O2S/c1-18(2,3)16(15-5-4-10-26-15)19-11-22-12-20-17(21-22)13-6-8-14(9-7-13)23(24)25/h4-10,12,16,19H,11H2,1-3H3/t16-/m0/s1. The zero-order valence-corrected chi connectivity index (χ0v) is 15.7. The molecule has 2 heterocycles. The van der Waals surface area contributed by atoms with Gasteiger partial charge in [-0.1, -0.05) is 26.8 Å². The lowest BCUT2D eigenvalue weighted by Gasteiger charge is -2.30. The minimum atomic E-state index is -0.420. The molecule has 0 unspecified atom stereocenters. The highest BCUT2D eigenvalue weighted by molar-refractivity contribution is 7.10. The van der Waals surface area contributed by atoms with Crippen molar-refractivity contribution in [3.05, 3.63) is 63.1 Å². The predicted octanol–water partition coefficient (Wildman–Crippen LogP) is 4.25. The van der Waals surface area contributed by atoms with E-state index < -0.39 is 4.92 Å². The molecule has 2 aromatic heterocycles. The van der Waals surface area contributed by atoms with E-state index in [2.05, 4.69) is 53.7 Å². The molecule has 7 nitrogen and oxygen atoms in total. The summed E-state index contributed by atoms with van der Waals surface area (Å²) in [5.74, 6) is 0.546. The minimum Gasteiger partial charge on any atom is -0.290 e. The number of non-ortho nitro benzene ring substituents is 1. The average molecular weight is 371 g/mol. The summed E-state index contributed by atoms with van der Waals surface area (Å²) in [6.07, 6.45) is 1.66. The second-order valence-corrected chi connectivity index (χ2v) is 8.07. The molecule has 0 radical (unpaired) electrons. The van der Waals surface area contributed by atoms with Crippen LogP contribution in [0.3, 0.4) is 0 Å². The Morgan fingerprint density at radius 2 is 2.00 bits per heavy atom. The number of nitrogens with one attached hydrogen (secondary N) is 1. The molecule has 8 heteroatoms. The summed E-state index contributed by atoms with van der Waals surface area (Å²) in [6, 6.07) is 10.6. The van der Waals surface area contributed by atoms with E-state index in [0.29, 0.717) is 12.5 Å². The van der Waals surface area contributed by atoms with Crippen LogP contribution in [0, 0.1) is 15.5 Å². The molecule has 26 heavy (non-hydrogen) atoms. The van der Waals surface area contributed by atoms with Crippen LogP contribution in [-0.4, -0.2) is 19.7 Å². The van der Waals surface area contributed by atoms with Gasteiger partial charge in [-0.05, 0) is 29.0 Å². The maximum absolute atomic E-state index is 10.7. The molecular formula is C18H21N5O2S. The summed E-state index contributed by atoms with van der Waals surface area (Å²) in [6.45, 7) is 7.13. The molecule has 0 bridgehead atoms. The number of nitro groups is 1. The highest BCUT2D eigenvalue weighted by Gasteiger charge is 2.26. The fourth-order valence-electron chi connectivity index (χ4n) is 2.71. The monoisotopic (exact) mass is 371 g/mol. The predicted molar refractivity (Wildman–Crippen MR) is 102 cm³/mol. The molecule has 0 amide bonds. The van der Waals surface area contributed by atoms with Crippen molar-refractivity contribution in [2.75, 3.05) is 0 Å². The smallest absolute Gasteiger partial charge is 0.269 e. The largest absolute Gasteiger partial charge is 0.290 e. The van der Waals surface area contributed by atoms with Gasteiger partial charge < -0.3 is 0 Å². The molecule has 0 aliphatic carbocycles. The Morgan fingerprint density at radius 1 is 1.27 bits per heavy atom.